The Hall–Kier alpha value is -3.12. The molecule has 0 fully saturated rings. The molecule has 0 saturated heterocycles. The molecule has 0 saturated carbocycles. The van der Waals surface area contributed by atoms with E-state index in [1.165, 1.54) is 30.4 Å². The van der Waals surface area contributed by atoms with E-state index in [1.807, 2.05) is 19.1 Å². The van der Waals surface area contributed by atoms with Crippen molar-refractivity contribution in [3.05, 3.63) is 69.9 Å². The number of carbonyl (C=O) groups excluding carboxylic acids is 2. The van der Waals surface area contributed by atoms with Crippen LogP contribution in [0.4, 0.5) is 5.69 Å². The molecule has 6 nitrogen and oxygen atoms in total. The molecule has 1 aromatic heterocycles. The highest BCUT2D eigenvalue weighted by Gasteiger charge is 2.17. The second-order valence-electron chi connectivity index (χ2n) is 6.48. The number of aryl methyl sites for hydroxylation is 3. The number of benzene rings is 2. The third-order valence-electron chi connectivity index (χ3n) is 4.54. The summed E-state index contributed by atoms with van der Waals surface area (Å²) in [7, 11) is 3.06. The maximum absolute atomic E-state index is 12.6. The predicted molar refractivity (Wildman–Crippen MR) is 109 cm³/mol. The van der Waals surface area contributed by atoms with Crippen LogP contribution in [0.25, 0.3) is 11.3 Å². The Balaban J connectivity index is 1.86. The molecule has 0 unspecified atom stereocenters. The number of hydrogen-bond donors (Lipinski definition) is 1. The normalized spacial score (nSPS) is 10.6. The fraction of sp³-hybridized carbons (Fsp3) is 0.190. The van der Waals surface area contributed by atoms with E-state index in [0.717, 1.165) is 11.3 Å². The average molecular weight is 398 g/mol. The molecule has 0 atom stereocenters. The van der Waals surface area contributed by atoms with Gasteiger partial charge in [0.2, 0.25) is 0 Å². The average Bonchev–Trinajstić information content (AvgIpc) is 3.06. The number of anilines is 1. The lowest BCUT2D eigenvalue weighted by molar-refractivity contribution is 0.0600. The summed E-state index contributed by atoms with van der Waals surface area (Å²) in [5.41, 5.74) is 5.06. The van der Waals surface area contributed by atoms with Crippen LogP contribution in [-0.4, -0.2) is 28.8 Å². The molecule has 0 radical (unpaired) electrons. The lowest BCUT2D eigenvalue weighted by Gasteiger charge is -2.07. The van der Waals surface area contributed by atoms with E-state index in [-0.39, 0.29) is 22.2 Å². The lowest BCUT2D eigenvalue weighted by Crippen LogP contribution is -2.13. The summed E-state index contributed by atoms with van der Waals surface area (Å²) in [5.74, 6) is -0.959. The molecule has 1 heterocycles. The van der Waals surface area contributed by atoms with Crippen molar-refractivity contribution in [1.82, 2.24) is 9.78 Å². The van der Waals surface area contributed by atoms with Gasteiger partial charge in [0.15, 0.2) is 5.69 Å². The third kappa shape index (κ3) is 3.92. The van der Waals surface area contributed by atoms with Gasteiger partial charge in [-0.1, -0.05) is 23.7 Å². The molecule has 144 valence electrons. The third-order valence-corrected chi connectivity index (χ3v) is 4.87. The number of hydrogen-bond acceptors (Lipinski definition) is 4. The molecule has 3 aromatic rings. The van der Waals surface area contributed by atoms with Crippen LogP contribution >= 0.6 is 11.6 Å². The first-order chi connectivity index (χ1) is 13.3. The van der Waals surface area contributed by atoms with Gasteiger partial charge in [0.25, 0.3) is 5.91 Å². The van der Waals surface area contributed by atoms with Gasteiger partial charge in [-0.25, -0.2) is 4.79 Å². The van der Waals surface area contributed by atoms with Crippen LogP contribution in [0, 0.1) is 13.8 Å². The van der Waals surface area contributed by atoms with Gasteiger partial charge in [0.1, 0.15) is 0 Å². The van der Waals surface area contributed by atoms with Crippen LogP contribution in [0.2, 0.25) is 5.02 Å². The zero-order valence-electron chi connectivity index (χ0n) is 16.0. The number of methoxy groups -OCH3 is 1. The van der Waals surface area contributed by atoms with Crippen LogP contribution in [0.15, 0.2) is 42.5 Å². The van der Waals surface area contributed by atoms with E-state index < -0.39 is 5.97 Å². The Morgan fingerprint density at radius 1 is 1.07 bits per heavy atom. The molecule has 0 bridgehead atoms. The van der Waals surface area contributed by atoms with Crippen molar-refractivity contribution < 1.29 is 14.3 Å². The monoisotopic (exact) mass is 397 g/mol. The number of carbonyl (C=O) groups is 2. The molecular formula is C21H20ClN3O3. The maximum atomic E-state index is 12.6. The number of ether oxygens (including phenoxy) is 1. The summed E-state index contributed by atoms with van der Waals surface area (Å²) in [4.78, 5) is 24.4. The summed E-state index contributed by atoms with van der Waals surface area (Å²) in [6, 6.07) is 12.5. The van der Waals surface area contributed by atoms with Gasteiger partial charge < -0.3 is 10.1 Å². The first-order valence-electron chi connectivity index (χ1n) is 8.61. The largest absolute Gasteiger partial charge is 0.465 e. The Morgan fingerprint density at radius 3 is 2.50 bits per heavy atom. The van der Waals surface area contributed by atoms with Crippen LogP contribution in [-0.2, 0) is 11.8 Å². The molecule has 2 aromatic carbocycles. The zero-order chi connectivity index (χ0) is 20.4. The SMILES string of the molecule is COC(=O)c1cc(NC(=O)c2cc(-c3ccc(C)c(C)c3)n(C)n2)ccc1Cl. The molecule has 28 heavy (non-hydrogen) atoms. The smallest absolute Gasteiger partial charge is 0.339 e. The van der Waals surface area contributed by atoms with Crippen LogP contribution in [0.5, 0.6) is 0 Å². The Labute approximate surface area is 168 Å². The first-order valence-corrected chi connectivity index (χ1v) is 8.99. The number of esters is 1. The van der Waals surface area contributed by atoms with E-state index in [9.17, 15) is 9.59 Å². The van der Waals surface area contributed by atoms with Crippen LogP contribution in [0.3, 0.4) is 0 Å². The van der Waals surface area contributed by atoms with E-state index in [0.29, 0.717) is 5.69 Å². The number of halogens is 1. The predicted octanol–water partition coefficient (Wildman–Crippen LogP) is 4.40. The van der Waals surface area contributed by atoms with E-state index in [2.05, 4.69) is 23.4 Å². The molecule has 7 heteroatoms. The number of rotatable bonds is 4. The summed E-state index contributed by atoms with van der Waals surface area (Å²) >= 11 is 6.01. The van der Waals surface area contributed by atoms with Gasteiger partial charge >= 0.3 is 5.97 Å². The minimum absolute atomic E-state index is 0.179. The molecule has 0 aliphatic heterocycles. The molecule has 0 spiro atoms. The second kappa shape index (κ2) is 7.86. The summed E-state index contributed by atoms with van der Waals surface area (Å²) in [5, 5.41) is 7.30. The van der Waals surface area contributed by atoms with E-state index in [4.69, 9.17) is 16.3 Å². The van der Waals surface area contributed by atoms with Crippen LogP contribution < -0.4 is 5.32 Å². The highest BCUT2D eigenvalue weighted by Crippen LogP contribution is 2.24. The number of amides is 1. The molecule has 1 N–H and O–H groups in total. The van der Waals surface area contributed by atoms with Crippen molar-refractivity contribution in [1.29, 1.82) is 0 Å². The Bertz CT molecular complexity index is 1070. The van der Waals surface area contributed by atoms with Crippen molar-refractivity contribution >= 4 is 29.2 Å². The molecule has 3 rings (SSSR count). The number of nitrogens with zero attached hydrogens (tertiary/aromatic N) is 2. The molecule has 1 amide bonds. The van der Waals surface area contributed by atoms with Crippen molar-refractivity contribution in [3.8, 4) is 11.3 Å². The highest BCUT2D eigenvalue weighted by molar-refractivity contribution is 6.33. The first kappa shape index (κ1) is 19.6. The molecule has 0 aliphatic rings. The van der Waals surface area contributed by atoms with Crippen LogP contribution in [0.1, 0.15) is 32.0 Å². The minimum atomic E-state index is -0.573. The summed E-state index contributed by atoms with van der Waals surface area (Å²) < 4.78 is 6.36. The highest BCUT2D eigenvalue weighted by atomic mass is 35.5. The van der Waals surface area contributed by atoms with E-state index in [1.54, 1.807) is 23.9 Å². The topological polar surface area (TPSA) is 73.2 Å². The number of nitrogens with one attached hydrogen (secondary N) is 1. The lowest BCUT2D eigenvalue weighted by atomic mass is 10.0. The van der Waals surface area contributed by atoms with Gasteiger partial charge in [0, 0.05) is 18.3 Å². The Morgan fingerprint density at radius 2 is 1.82 bits per heavy atom. The minimum Gasteiger partial charge on any atom is -0.465 e. The van der Waals surface area contributed by atoms with Crippen molar-refractivity contribution in [2.24, 2.45) is 7.05 Å². The standard InChI is InChI=1S/C21H20ClN3O3/c1-12-5-6-14(9-13(12)2)19-11-18(24-25(19)3)20(26)23-15-7-8-17(22)16(10-15)21(27)28-4/h5-11H,1-4H3,(H,23,26). The molecule has 0 aliphatic carbocycles. The van der Waals surface area contributed by atoms with Crippen molar-refractivity contribution in [3.63, 3.8) is 0 Å². The van der Waals surface area contributed by atoms with Gasteiger partial charge in [0.05, 0.1) is 23.4 Å². The second-order valence-corrected chi connectivity index (χ2v) is 6.88. The number of aromatic nitrogens is 2. The molecular weight excluding hydrogens is 378 g/mol. The fourth-order valence-corrected chi connectivity index (χ4v) is 3.01. The zero-order valence-corrected chi connectivity index (χ0v) is 16.8. The van der Waals surface area contributed by atoms with Gasteiger partial charge in [-0.15, -0.1) is 0 Å². The van der Waals surface area contributed by atoms with Crippen molar-refractivity contribution in [2.45, 2.75) is 13.8 Å². The summed E-state index contributed by atoms with van der Waals surface area (Å²) in [6.07, 6.45) is 0. The summed E-state index contributed by atoms with van der Waals surface area (Å²) in [6.45, 7) is 4.10. The quantitative estimate of drug-likeness (QED) is 0.662. The Kier molecular flexibility index (Phi) is 5.51. The van der Waals surface area contributed by atoms with Gasteiger partial charge in [-0.3, -0.25) is 9.48 Å². The maximum Gasteiger partial charge on any atom is 0.339 e. The van der Waals surface area contributed by atoms with Gasteiger partial charge in [-0.05, 0) is 55.3 Å². The van der Waals surface area contributed by atoms with Gasteiger partial charge in [-0.2, -0.15) is 5.10 Å². The fourth-order valence-electron chi connectivity index (χ4n) is 2.81. The van der Waals surface area contributed by atoms with Crippen molar-refractivity contribution in [2.75, 3.05) is 12.4 Å². The van der Waals surface area contributed by atoms with E-state index >= 15 is 0 Å².